The van der Waals surface area contributed by atoms with E-state index in [2.05, 4.69) is 67.6 Å². The van der Waals surface area contributed by atoms with Crippen molar-refractivity contribution in [2.45, 2.75) is 63.0 Å². The highest BCUT2D eigenvalue weighted by atomic mass is 127. The van der Waals surface area contributed by atoms with E-state index in [0.717, 1.165) is 50.1 Å². The molecule has 0 unspecified atom stereocenters. The van der Waals surface area contributed by atoms with Crippen LogP contribution in [-0.2, 0) is 9.84 Å². The molecule has 0 aliphatic heterocycles. The maximum atomic E-state index is 12.4. The summed E-state index contributed by atoms with van der Waals surface area (Å²) in [5.74, 6) is 0.897. The summed E-state index contributed by atoms with van der Waals surface area (Å²) < 4.78 is 32.0. The lowest BCUT2D eigenvalue weighted by molar-refractivity contribution is 0.203. The van der Waals surface area contributed by atoms with E-state index < -0.39 is 18.2 Å². The van der Waals surface area contributed by atoms with Crippen LogP contribution in [0.25, 0.3) is 11.1 Å². The van der Waals surface area contributed by atoms with Gasteiger partial charge in [0.25, 0.3) is 8.32 Å². The fourth-order valence-electron chi connectivity index (χ4n) is 5.41. The molecule has 4 rings (SSSR count). The monoisotopic (exact) mass is 698 g/mol. The number of halogens is 1. The number of ether oxygens (including phenoxy) is 1. The van der Waals surface area contributed by atoms with Crippen LogP contribution in [-0.4, -0.2) is 33.4 Å². The molecule has 0 aromatic heterocycles. The third-order valence-electron chi connectivity index (χ3n) is 7.94. The molecule has 0 amide bonds. The van der Waals surface area contributed by atoms with Gasteiger partial charge in [0.05, 0.1) is 20.3 Å². The summed E-state index contributed by atoms with van der Waals surface area (Å²) in [6.07, 6.45) is 2.68. The second-order valence-electron chi connectivity index (χ2n) is 11.2. The zero-order valence-corrected chi connectivity index (χ0v) is 28.2. The summed E-state index contributed by atoms with van der Waals surface area (Å²) in [4.78, 5) is 12.7. The highest BCUT2D eigenvalue weighted by Gasteiger charge is 2.49. The molecule has 216 valence electrons. The van der Waals surface area contributed by atoms with Crippen molar-refractivity contribution >= 4 is 51.1 Å². The zero-order chi connectivity index (χ0) is 29.7. The Labute approximate surface area is 260 Å². The molecular weight excluding hydrogens is 659 g/mol. The molecular formula is C34H39IO4SSi. The van der Waals surface area contributed by atoms with Crippen molar-refractivity contribution < 1.29 is 18.0 Å². The molecule has 4 aromatic rings. The van der Waals surface area contributed by atoms with Crippen LogP contribution in [0, 0.1) is 3.57 Å². The average Bonchev–Trinajstić information content (AvgIpc) is 2.98. The van der Waals surface area contributed by atoms with Crippen LogP contribution in [0.4, 0.5) is 0 Å². The first-order valence-corrected chi connectivity index (χ1v) is 18.8. The Bertz CT molecular complexity index is 1520. The predicted molar refractivity (Wildman–Crippen MR) is 180 cm³/mol. The molecule has 0 bridgehead atoms. The van der Waals surface area contributed by atoms with Gasteiger partial charge < -0.3 is 9.53 Å². The predicted octanol–water partition coefficient (Wildman–Crippen LogP) is 7.22. The summed E-state index contributed by atoms with van der Waals surface area (Å²) in [7, 11) is -6.28. The van der Waals surface area contributed by atoms with Gasteiger partial charge in [-0.05, 0) is 99.6 Å². The lowest BCUT2D eigenvalue weighted by Crippen LogP contribution is -2.65. The highest BCUT2D eigenvalue weighted by molar-refractivity contribution is 14.1. The molecule has 41 heavy (non-hydrogen) atoms. The fourth-order valence-corrected chi connectivity index (χ4v) is 10.8. The molecule has 0 heterocycles. The van der Waals surface area contributed by atoms with Gasteiger partial charge in [-0.15, -0.1) is 0 Å². The lowest BCUT2D eigenvalue weighted by atomic mass is 10.0. The standard InChI is InChI=1S/C34H39IO4SSi/c1-5-40(36,37)29-16-12-15-27(24-29)28-21-22-33(32(35)25-28)39-26(2)14-13-23-34(3,4)41(38,30-17-8-6-9-18-30)31-19-10-7-11-20-31/h6-12,15-22,24-26,38H,5,13-14,23H2,1-4H3/t26-/m1/s1. The van der Waals surface area contributed by atoms with Crippen LogP contribution in [0.1, 0.15) is 47.0 Å². The quantitative estimate of drug-likeness (QED) is 0.125. The van der Waals surface area contributed by atoms with Gasteiger partial charge in [0, 0.05) is 0 Å². The Hall–Kier alpha value is -2.46. The van der Waals surface area contributed by atoms with E-state index in [0.29, 0.717) is 4.90 Å². The molecule has 1 N–H and O–H groups in total. The molecule has 1 atom stereocenters. The Kier molecular flexibility index (Phi) is 10.2. The normalized spacial score (nSPS) is 13.1. The van der Waals surface area contributed by atoms with Crippen molar-refractivity contribution in [2.24, 2.45) is 0 Å². The zero-order valence-electron chi connectivity index (χ0n) is 24.2. The Morgan fingerprint density at radius 3 is 2.00 bits per heavy atom. The fraction of sp³-hybridized carbons (Fsp3) is 0.294. The van der Waals surface area contributed by atoms with Crippen molar-refractivity contribution in [1.29, 1.82) is 0 Å². The molecule has 0 saturated carbocycles. The van der Waals surface area contributed by atoms with Crippen LogP contribution >= 0.6 is 22.6 Å². The number of hydrogen-bond donors (Lipinski definition) is 1. The van der Waals surface area contributed by atoms with E-state index in [9.17, 15) is 13.2 Å². The van der Waals surface area contributed by atoms with Gasteiger partial charge in [-0.1, -0.05) is 99.6 Å². The van der Waals surface area contributed by atoms with E-state index >= 15 is 0 Å². The summed E-state index contributed by atoms with van der Waals surface area (Å²) in [6, 6.07) is 33.4. The Morgan fingerprint density at radius 2 is 1.44 bits per heavy atom. The number of benzene rings is 4. The maximum Gasteiger partial charge on any atom is 0.258 e. The van der Waals surface area contributed by atoms with Crippen LogP contribution < -0.4 is 15.1 Å². The number of rotatable bonds is 12. The largest absolute Gasteiger partial charge is 0.490 e. The molecule has 0 spiro atoms. The number of hydrogen-bond acceptors (Lipinski definition) is 4. The second-order valence-corrected chi connectivity index (χ2v) is 18.6. The van der Waals surface area contributed by atoms with Crippen molar-refractivity contribution in [3.05, 3.63) is 107 Å². The van der Waals surface area contributed by atoms with Gasteiger partial charge in [0.2, 0.25) is 0 Å². The van der Waals surface area contributed by atoms with Gasteiger partial charge in [-0.25, -0.2) is 8.42 Å². The second kappa shape index (κ2) is 13.2. The minimum Gasteiger partial charge on any atom is -0.490 e. The summed E-state index contributed by atoms with van der Waals surface area (Å²) in [5.41, 5.74) is 1.82. The first-order chi connectivity index (χ1) is 19.5. The Balaban J connectivity index is 1.43. The first kappa shape index (κ1) is 31.5. The third-order valence-corrected chi connectivity index (χ3v) is 15.1. The van der Waals surface area contributed by atoms with Gasteiger partial charge in [-0.3, -0.25) is 0 Å². The molecule has 0 aliphatic rings. The molecule has 0 aliphatic carbocycles. The Morgan fingerprint density at radius 1 is 0.854 bits per heavy atom. The van der Waals surface area contributed by atoms with Crippen LogP contribution in [0.5, 0.6) is 5.75 Å². The topological polar surface area (TPSA) is 63.6 Å². The SMILES string of the molecule is CCS(=O)(=O)c1cccc(-c2ccc(O[C@H](C)CCCC(C)(C)[Si](O)(c3ccccc3)c3ccccc3)c(I)c2)c1. The molecule has 4 aromatic carbocycles. The van der Waals surface area contributed by atoms with Gasteiger partial charge in [0.15, 0.2) is 9.84 Å². The molecule has 0 saturated heterocycles. The van der Waals surface area contributed by atoms with Crippen LogP contribution in [0.3, 0.4) is 0 Å². The van der Waals surface area contributed by atoms with Crippen molar-refractivity contribution in [3.8, 4) is 16.9 Å². The van der Waals surface area contributed by atoms with Crippen molar-refractivity contribution in [2.75, 3.05) is 5.75 Å². The van der Waals surface area contributed by atoms with Gasteiger partial charge >= 0.3 is 0 Å². The molecule has 7 heteroatoms. The van der Waals surface area contributed by atoms with E-state index in [4.69, 9.17) is 4.74 Å². The molecule has 0 fully saturated rings. The summed E-state index contributed by atoms with van der Waals surface area (Å²) >= 11 is 2.28. The van der Waals surface area contributed by atoms with E-state index in [1.807, 2.05) is 60.7 Å². The third kappa shape index (κ3) is 7.13. The van der Waals surface area contributed by atoms with Crippen molar-refractivity contribution in [1.82, 2.24) is 0 Å². The lowest BCUT2D eigenvalue weighted by Gasteiger charge is -2.41. The summed E-state index contributed by atoms with van der Waals surface area (Å²) in [5, 5.41) is 1.78. The van der Waals surface area contributed by atoms with Crippen LogP contribution in [0.2, 0.25) is 5.04 Å². The average molecular weight is 699 g/mol. The summed E-state index contributed by atoms with van der Waals surface area (Å²) in [6.45, 7) is 8.16. The van der Waals surface area contributed by atoms with Crippen molar-refractivity contribution in [3.63, 3.8) is 0 Å². The van der Waals surface area contributed by atoms with Crippen LogP contribution in [0.15, 0.2) is 108 Å². The number of sulfone groups is 1. The maximum absolute atomic E-state index is 12.4. The minimum atomic E-state index is -3.26. The van der Waals surface area contributed by atoms with Gasteiger partial charge in [-0.2, -0.15) is 0 Å². The highest BCUT2D eigenvalue weighted by Crippen LogP contribution is 2.40. The molecule has 4 nitrogen and oxygen atoms in total. The first-order valence-electron chi connectivity index (χ1n) is 14.1. The van der Waals surface area contributed by atoms with E-state index in [1.165, 1.54) is 0 Å². The van der Waals surface area contributed by atoms with E-state index in [1.54, 1.807) is 25.1 Å². The van der Waals surface area contributed by atoms with Gasteiger partial charge in [0.1, 0.15) is 5.75 Å². The smallest absolute Gasteiger partial charge is 0.258 e. The minimum absolute atomic E-state index is 0.00593. The molecule has 0 radical (unpaired) electrons. The van der Waals surface area contributed by atoms with E-state index in [-0.39, 0.29) is 16.9 Å².